The second-order valence-corrected chi connectivity index (χ2v) is 10.6. The molecule has 4 aromatic rings. The number of carbonyl (C=O) groups excluding carboxylic acids is 3. The minimum atomic E-state index is -0.885. The molecule has 0 saturated carbocycles. The summed E-state index contributed by atoms with van der Waals surface area (Å²) in [5, 5.41) is 26.5. The van der Waals surface area contributed by atoms with Gasteiger partial charge in [0.15, 0.2) is 0 Å². The van der Waals surface area contributed by atoms with Crippen molar-refractivity contribution >= 4 is 28.9 Å². The van der Waals surface area contributed by atoms with Gasteiger partial charge in [0, 0.05) is 19.5 Å². The van der Waals surface area contributed by atoms with E-state index in [2.05, 4.69) is 26.6 Å². The number of nitrogens with one attached hydrogen (secondary N) is 2. The number of phenols is 1. The molecule has 3 aromatic carbocycles. The number of piperazine rings is 1. The zero-order valence-corrected chi connectivity index (χ0v) is 23.3. The fraction of sp³-hybridized carbons (Fsp3) is 0.258. The van der Waals surface area contributed by atoms with Crippen LogP contribution in [0.4, 0.5) is 4.79 Å². The molecular weight excluding hydrogens is 548 g/mol. The molecule has 12 nitrogen and oxygen atoms in total. The molecule has 2 aliphatic rings. The number of hydrogen-bond acceptors (Lipinski definition) is 7. The smallest absolute Gasteiger partial charge is 0.334 e. The third-order valence-electron chi connectivity index (χ3n) is 7.73. The SMILES string of the molecule is C#CCN1CC(=O)N2[C@@H](Cc3ccc(O)cc3)C(=O)N(Cc3ccc4[nH]nnc4c3)C[C@@H]2N1C(=O)NCc1ccccc1. The van der Waals surface area contributed by atoms with Crippen LogP contribution < -0.4 is 5.32 Å². The molecule has 0 bridgehead atoms. The normalized spacial score (nSPS) is 18.9. The van der Waals surface area contributed by atoms with Crippen molar-refractivity contribution in [2.75, 3.05) is 19.6 Å². The van der Waals surface area contributed by atoms with Gasteiger partial charge in [0.25, 0.3) is 0 Å². The molecule has 0 spiro atoms. The van der Waals surface area contributed by atoms with E-state index in [1.807, 2.05) is 48.5 Å². The van der Waals surface area contributed by atoms with Crippen molar-refractivity contribution in [1.82, 2.24) is 40.5 Å². The summed E-state index contributed by atoms with van der Waals surface area (Å²) in [6.45, 7) is 0.474. The first-order chi connectivity index (χ1) is 20.9. The lowest BCUT2D eigenvalue weighted by molar-refractivity contribution is -0.189. The van der Waals surface area contributed by atoms with E-state index in [-0.39, 0.29) is 56.7 Å². The highest BCUT2D eigenvalue weighted by Crippen LogP contribution is 2.30. The number of hydrogen-bond donors (Lipinski definition) is 3. The minimum Gasteiger partial charge on any atom is -0.508 e. The van der Waals surface area contributed by atoms with Crippen LogP contribution in [0.3, 0.4) is 0 Å². The predicted molar refractivity (Wildman–Crippen MR) is 156 cm³/mol. The summed E-state index contributed by atoms with van der Waals surface area (Å²) in [5.74, 6) is 2.11. The van der Waals surface area contributed by atoms with Crippen LogP contribution in [0.1, 0.15) is 16.7 Å². The van der Waals surface area contributed by atoms with Crippen LogP contribution in [-0.2, 0) is 29.1 Å². The summed E-state index contributed by atoms with van der Waals surface area (Å²) in [6, 6.07) is 20.3. The highest BCUT2D eigenvalue weighted by atomic mass is 16.3. The maximum Gasteiger partial charge on any atom is 0.334 e. The van der Waals surface area contributed by atoms with E-state index < -0.39 is 18.2 Å². The highest BCUT2D eigenvalue weighted by molar-refractivity contribution is 5.92. The van der Waals surface area contributed by atoms with Gasteiger partial charge < -0.3 is 20.2 Å². The molecular formula is C31H30N8O4. The van der Waals surface area contributed by atoms with Gasteiger partial charge in [0.2, 0.25) is 11.8 Å². The predicted octanol–water partition coefficient (Wildman–Crippen LogP) is 1.85. The average Bonchev–Trinajstić information content (AvgIpc) is 3.48. The van der Waals surface area contributed by atoms with Gasteiger partial charge in [0.1, 0.15) is 23.5 Å². The van der Waals surface area contributed by atoms with Gasteiger partial charge in [-0.25, -0.2) is 9.80 Å². The molecule has 43 heavy (non-hydrogen) atoms. The van der Waals surface area contributed by atoms with Crippen LogP contribution in [0.2, 0.25) is 0 Å². The van der Waals surface area contributed by atoms with Gasteiger partial charge >= 0.3 is 6.03 Å². The second kappa shape index (κ2) is 11.8. The van der Waals surface area contributed by atoms with Gasteiger partial charge in [-0.05, 0) is 41.0 Å². The van der Waals surface area contributed by atoms with Crippen molar-refractivity contribution in [3.8, 4) is 18.1 Å². The van der Waals surface area contributed by atoms with Gasteiger partial charge in [-0.15, -0.1) is 11.5 Å². The van der Waals surface area contributed by atoms with Gasteiger partial charge in [-0.2, -0.15) is 5.01 Å². The Labute approximate surface area is 247 Å². The monoisotopic (exact) mass is 578 g/mol. The molecule has 12 heteroatoms. The summed E-state index contributed by atoms with van der Waals surface area (Å²) in [6.07, 6.45) is 5.05. The lowest BCUT2D eigenvalue weighted by Crippen LogP contribution is -2.76. The van der Waals surface area contributed by atoms with Crippen molar-refractivity contribution in [3.05, 3.63) is 89.5 Å². The number of nitrogens with zero attached hydrogens (tertiary/aromatic N) is 6. The minimum absolute atomic E-state index is 0.0360. The summed E-state index contributed by atoms with van der Waals surface area (Å²) in [4.78, 5) is 44.7. The number of fused-ring (bicyclic) bond motifs is 2. The molecule has 2 atom stereocenters. The Balaban J connectivity index is 1.35. The van der Waals surface area contributed by atoms with Crippen molar-refractivity contribution in [1.29, 1.82) is 0 Å². The van der Waals surface area contributed by atoms with E-state index >= 15 is 0 Å². The molecule has 3 N–H and O–H groups in total. The van der Waals surface area contributed by atoms with E-state index in [0.717, 1.165) is 22.2 Å². The first kappa shape index (κ1) is 27.7. The molecule has 2 fully saturated rings. The zero-order valence-electron chi connectivity index (χ0n) is 23.3. The summed E-state index contributed by atoms with van der Waals surface area (Å²) < 4.78 is 0. The Kier molecular flexibility index (Phi) is 7.63. The first-order valence-electron chi connectivity index (χ1n) is 13.9. The van der Waals surface area contributed by atoms with Crippen LogP contribution in [0.5, 0.6) is 5.75 Å². The third-order valence-corrected chi connectivity index (χ3v) is 7.73. The van der Waals surface area contributed by atoms with Gasteiger partial charge in [-0.3, -0.25) is 14.7 Å². The van der Waals surface area contributed by atoms with Crippen LogP contribution >= 0.6 is 0 Å². The number of benzene rings is 3. The highest BCUT2D eigenvalue weighted by Gasteiger charge is 2.51. The third kappa shape index (κ3) is 5.71. The molecule has 0 aliphatic carbocycles. The number of aromatic amines is 1. The number of terminal acetylenes is 1. The fourth-order valence-electron chi connectivity index (χ4n) is 5.70. The molecule has 0 radical (unpaired) electrons. The number of aromatic nitrogens is 3. The molecule has 6 rings (SSSR count). The number of H-pyrrole nitrogens is 1. The zero-order chi connectivity index (χ0) is 29.9. The molecule has 4 amide bonds. The quantitative estimate of drug-likeness (QED) is 0.285. The standard InChI is InChI=1S/C31H30N8O4/c1-2-14-37-20-29(41)38-27(16-21-8-11-24(40)12-9-21)30(42)36(18-23-10-13-25-26(15-23)34-35-33-25)19-28(38)39(37)31(43)32-17-22-6-4-3-5-7-22/h1,3-13,15,27-28,40H,14,16-20H2,(H,32,43)(H,33,34,35)/t27-,28-/m0/s1. The Morgan fingerprint density at radius 2 is 1.81 bits per heavy atom. The van der Waals surface area contributed by atoms with Crippen molar-refractivity contribution < 1.29 is 19.5 Å². The average molecular weight is 579 g/mol. The van der Waals surface area contributed by atoms with Crippen molar-refractivity contribution in [2.45, 2.75) is 31.7 Å². The van der Waals surface area contributed by atoms with Crippen molar-refractivity contribution in [3.63, 3.8) is 0 Å². The second-order valence-electron chi connectivity index (χ2n) is 10.6. The van der Waals surface area contributed by atoms with Crippen molar-refractivity contribution in [2.24, 2.45) is 0 Å². The summed E-state index contributed by atoms with van der Waals surface area (Å²) in [7, 11) is 0. The van der Waals surface area contributed by atoms with E-state index in [4.69, 9.17) is 6.42 Å². The van der Waals surface area contributed by atoms with Gasteiger partial charge in [0.05, 0.1) is 25.2 Å². The topological polar surface area (TPSA) is 138 Å². The largest absolute Gasteiger partial charge is 0.508 e. The number of rotatable bonds is 7. The van der Waals surface area contributed by atoms with Gasteiger partial charge in [-0.1, -0.05) is 59.7 Å². The van der Waals surface area contributed by atoms with E-state index in [0.29, 0.717) is 5.52 Å². The number of carbonyl (C=O) groups is 3. The number of amides is 4. The first-order valence-corrected chi connectivity index (χ1v) is 13.9. The maximum absolute atomic E-state index is 14.1. The maximum atomic E-state index is 14.1. The molecule has 1 aromatic heterocycles. The van der Waals surface area contributed by atoms with E-state index in [1.54, 1.807) is 34.2 Å². The fourth-order valence-corrected chi connectivity index (χ4v) is 5.70. The Morgan fingerprint density at radius 1 is 1.05 bits per heavy atom. The molecule has 2 saturated heterocycles. The summed E-state index contributed by atoms with van der Waals surface area (Å²) >= 11 is 0. The summed E-state index contributed by atoms with van der Waals surface area (Å²) in [5.41, 5.74) is 3.94. The molecule has 2 aliphatic heterocycles. The Hall–Kier alpha value is -5.41. The lowest BCUT2D eigenvalue weighted by atomic mass is 9.98. The van der Waals surface area contributed by atoms with E-state index in [1.165, 1.54) is 9.91 Å². The number of urea groups is 1. The van der Waals surface area contributed by atoms with Crippen LogP contribution in [0.25, 0.3) is 11.0 Å². The Morgan fingerprint density at radius 3 is 2.58 bits per heavy atom. The van der Waals surface area contributed by atoms with Crippen LogP contribution in [0.15, 0.2) is 72.8 Å². The number of hydrazine groups is 1. The number of aromatic hydroxyl groups is 1. The molecule has 3 heterocycles. The lowest BCUT2D eigenvalue weighted by Gasteiger charge is -2.55. The molecule has 0 unspecified atom stereocenters. The van der Waals surface area contributed by atoms with E-state index in [9.17, 15) is 19.5 Å². The van der Waals surface area contributed by atoms with Crippen LogP contribution in [-0.4, -0.2) is 90.0 Å². The Bertz CT molecular complexity index is 1680. The van der Waals surface area contributed by atoms with Crippen LogP contribution in [0, 0.1) is 12.3 Å². The molecule has 218 valence electrons. The number of phenolic OH excluding ortho intramolecular Hbond substituents is 1.